The molecule has 1 aliphatic heterocycles. The van der Waals surface area contributed by atoms with Gasteiger partial charge in [0.1, 0.15) is 11.8 Å². The van der Waals surface area contributed by atoms with Crippen LogP contribution in [0, 0.1) is 0 Å². The summed E-state index contributed by atoms with van der Waals surface area (Å²) >= 11 is 0. The predicted octanol–water partition coefficient (Wildman–Crippen LogP) is 0.339. The van der Waals surface area contributed by atoms with E-state index >= 15 is 0 Å². The van der Waals surface area contributed by atoms with E-state index < -0.39 is 24.0 Å². The number of amides is 1. The van der Waals surface area contributed by atoms with Gasteiger partial charge in [0.05, 0.1) is 12.4 Å². The van der Waals surface area contributed by atoms with Crippen LogP contribution in [0.4, 0.5) is 0 Å². The highest BCUT2D eigenvalue weighted by Gasteiger charge is 2.37. The minimum atomic E-state index is -1.11. The van der Waals surface area contributed by atoms with Crippen molar-refractivity contribution >= 4 is 18.0 Å². The Morgan fingerprint density at radius 2 is 2.28 bits per heavy atom. The Morgan fingerprint density at radius 3 is 2.89 bits per heavy atom. The zero-order valence-corrected chi connectivity index (χ0v) is 9.52. The fourth-order valence-electron chi connectivity index (χ4n) is 1.93. The SMILES string of the molecule is O=C(O)C1CC(O)CN1C(=O)/C=C/c1ccco1. The molecule has 1 aromatic heterocycles. The number of hydrogen-bond acceptors (Lipinski definition) is 4. The summed E-state index contributed by atoms with van der Waals surface area (Å²) in [6.45, 7) is 0.0400. The van der Waals surface area contributed by atoms with Crippen molar-refractivity contribution in [3.8, 4) is 0 Å². The molecule has 0 radical (unpaired) electrons. The second kappa shape index (κ2) is 5.05. The van der Waals surface area contributed by atoms with Gasteiger partial charge in [-0.25, -0.2) is 4.79 Å². The number of likely N-dealkylation sites (tertiary alicyclic amines) is 1. The Morgan fingerprint density at radius 1 is 1.50 bits per heavy atom. The number of β-amino-alcohol motifs (C(OH)–C–C–N with tert-alkyl or cyclic N) is 1. The number of carboxylic acid groups (broad SMARTS) is 1. The molecule has 1 aromatic rings. The Bertz CT molecular complexity index is 465. The van der Waals surface area contributed by atoms with Crippen LogP contribution in [0.3, 0.4) is 0 Å². The summed E-state index contributed by atoms with van der Waals surface area (Å²) in [5.41, 5.74) is 0. The van der Waals surface area contributed by atoms with Crippen molar-refractivity contribution in [2.45, 2.75) is 18.6 Å². The van der Waals surface area contributed by atoms with Crippen LogP contribution in [0.25, 0.3) is 6.08 Å². The third-order valence-electron chi connectivity index (χ3n) is 2.78. The maximum atomic E-state index is 11.8. The van der Waals surface area contributed by atoms with Crippen molar-refractivity contribution in [3.05, 3.63) is 30.2 Å². The van der Waals surface area contributed by atoms with Crippen LogP contribution in [-0.4, -0.2) is 45.7 Å². The molecule has 1 saturated heterocycles. The summed E-state index contributed by atoms with van der Waals surface area (Å²) in [6, 6.07) is 2.40. The zero-order chi connectivity index (χ0) is 13.1. The van der Waals surface area contributed by atoms with E-state index in [1.54, 1.807) is 12.1 Å². The van der Waals surface area contributed by atoms with Gasteiger partial charge in [-0.05, 0) is 18.2 Å². The predicted molar refractivity (Wildman–Crippen MR) is 61.5 cm³/mol. The number of carbonyl (C=O) groups excluding carboxylic acids is 1. The van der Waals surface area contributed by atoms with Gasteiger partial charge in [0, 0.05) is 19.0 Å². The molecular formula is C12H13NO5. The van der Waals surface area contributed by atoms with Crippen LogP contribution in [0.5, 0.6) is 0 Å². The van der Waals surface area contributed by atoms with E-state index in [1.807, 2.05) is 0 Å². The standard InChI is InChI=1S/C12H13NO5/c14-8-6-10(12(16)17)13(7-8)11(15)4-3-9-2-1-5-18-9/h1-5,8,10,14H,6-7H2,(H,16,17)/b4-3+. The number of rotatable bonds is 3. The Hall–Kier alpha value is -2.08. The monoisotopic (exact) mass is 251 g/mol. The minimum absolute atomic E-state index is 0.0400. The molecule has 6 nitrogen and oxygen atoms in total. The van der Waals surface area contributed by atoms with E-state index in [4.69, 9.17) is 9.52 Å². The molecule has 2 rings (SSSR count). The number of aliphatic hydroxyl groups is 1. The van der Waals surface area contributed by atoms with E-state index in [0.29, 0.717) is 5.76 Å². The first-order valence-corrected chi connectivity index (χ1v) is 5.51. The van der Waals surface area contributed by atoms with Crippen molar-refractivity contribution in [3.63, 3.8) is 0 Å². The third-order valence-corrected chi connectivity index (χ3v) is 2.78. The van der Waals surface area contributed by atoms with Crippen LogP contribution in [0.15, 0.2) is 28.9 Å². The summed E-state index contributed by atoms with van der Waals surface area (Å²) in [6.07, 6.45) is 3.46. The summed E-state index contributed by atoms with van der Waals surface area (Å²) < 4.78 is 5.02. The first-order chi connectivity index (χ1) is 8.58. The number of aliphatic hydroxyl groups excluding tert-OH is 1. The molecule has 0 aliphatic carbocycles. The minimum Gasteiger partial charge on any atom is -0.480 e. The molecule has 2 heterocycles. The molecule has 0 saturated carbocycles. The summed E-state index contributed by atoms with van der Waals surface area (Å²) in [5.74, 6) is -1.04. The van der Waals surface area contributed by atoms with E-state index in [0.717, 1.165) is 4.90 Å². The summed E-state index contributed by atoms with van der Waals surface area (Å²) in [5, 5.41) is 18.4. The van der Waals surface area contributed by atoms with Crippen molar-refractivity contribution < 1.29 is 24.2 Å². The maximum Gasteiger partial charge on any atom is 0.326 e. The Labute approximate surface area is 103 Å². The van der Waals surface area contributed by atoms with Crippen molar-refractivity contribution in [1.29, 1.82) is 0 Å². The number of hydrogen-bond donors (Lipinski definition) is 2. The lowest BCUT2D eigenvalue weighted by Crippen LogP contribution is -2.39. The Kier molecular flexibility index (Phi) is 3.47. The number of nitrogens with zero attached hydrogens (tertiary/aromatic N) is 1. The average molecular weight is 251 g/mol. The van der Waals surface area contributed by atoms with Gasteiger partial charge in [-0.1, -0.05) is 0 Å². The summed E-state index contributed by atoms with van der Waals surface area (Å²) in [7, 11) is 0. The van der Waals surface area contributed by atoms with Gasteiger partial charge in [0.25, 0.3) is 0 Å². The molecule has 1 amide bonds. The molecule has 2 unspecified atom stereocenters. The van der Waals surface area contributed by atoms with Gasteiger partial charge in [-0.15, -0.1) is 0 Å². The summed E-state index contributed by atoms with van der Waals surface area (Å²) in [4.78, 5) is 23.9. The highest BCUT2D eigenvalue weighted by Crippen LogP contribution is 2.18. The van der Waals surface area contributed by atoms with Gasteiger partial charge in [-0.2, -0.15) is 0 Å². The number of furan rings is 1. The second-order valence-corrected chi connectivity index (χ2v) is 4.08. The average Bonchev–Trinajstić information content (AvgIpc) is 2.94. The maximum absolute atomic E-state index is 11.8. The van der Waals surface area contributed by atoms with Gasteiger partial charge in [-0.3, -0.25) is 4.79 Å². The van der Waals surface area contributed by atoms with Crippen LogP contribution >= 0.6 is 0 Å². The molecule has 18 heavy (non-hydrogen) atoms. The normalized spacial score (nSPS) is 23.7. The third kappa shape index (κ3) is 2.60. The zero-order valence-electron chi connectivity index (χ0n) is 9.52. The largest absolute Gasteiger partial charge is 0.480 e. The van der Waals surface area contributed by atoms with Gasteiger partial charge in [0.2, 0.25) is 5.91 Å². The molecule has 6 heteroatoms. The van der Waals surface area contributed by atoms with Crippen LogP contribution in [0.1, 0.15) is 12.2 Å². The lowest BCUT2D eigenvalue weighted by Gasteiger charge is -2.18. The van der Waals surface area contributed by atoms with E-state index in [2.05, 4.69) is 0 Å². The highest BCUT2D eigenvalue weighted by atomic mass is 16.4. The highest BCUT2D eigenvalue weighted by molar-refractivity contribution is 5.94. The van der Waals surface area contributed by atoms with Crippen LogP contribution < -0.4 is 0 Å². The first-order valence-electron chi connectivity index (χ1n) is 5.51. The van der Waals surface area contributed by atoms with Crippen molar-refractivity contribution in [1.82, 2.24) is 4.90 Å². The van der Waals surface area contributed by atoms with E-state index in [9.17, 15) is 14.7 Å². The molecule has 2 atom stereocenters. The second-order valence-electron chi connectivity index (χ2n) is 4.08. The lowest BCUT2D eigenvalue weighted by atomic mass is 10.2. The molecule has 0 spiro atoms. The molecule has 1 fully saturated rings. The van der Waals surface area contributed by atoms with Gasteiger partial charge >= 0.3 is 5.97 Å². The lowest BCUT2D eigenvalue weighted by molar-refractivity contribution is -0.146. The smallest absolute Gasteiger partial charge is 0.326 e. The van der Waals surface area contributed by atoms with E-state index in [-0.39, 0.29) is 13.0 Å². The van der Waals surface area contributed by atoms with Gasteiger partial charge < -0.3 is 19.5 Å². The number of carboxylic acids is 1. The molecule has 0 bridgehead atoms. The van der Waals surface area contributed by atoms with Crippen LogP contribution in [0.2, 0.25) is 0 Å². The molecule has 1 aliphatic rings. The van der Waals surface area contributed by atoms with Crippen LogP contribution in [-0.2, 0) is 9.59 Å². The first kappa shape index (κ1) is 12.4. The Balaban J connectivity index is 2.06. The molecular weight excluding hydrogens is 238 g/mol. The topological polar surface area (TPSA) is 91.0 Å². The van der Waals surface area contributed by atoms with Crippen molar-refractivity contribution in [2.75, 3.05) is 6.54 Å². The van der Waals surface area contributed by atoms with Gasteiger partial charge in [0.15, 0.2) is 0 Å². The molecule has 2 N–H and O–H groups in total. The molecule has 96 valence electrons. The molecule has 0 aromatic carbocycles. The quantitative estimate of drug-likeness (QED) is 0.756. The van der Waals surface area contributed by atoms with E-state index in [1.165, 1.54) is 18.4 Å². The van der Waals surface area contributed by atoms with Crippen molar-refractivity contribution in [2.24, 2.45) is 0 Å². The fraction of sp³-hybridized carbons (Fsp3) is 0.333. The number of aliphatic carboxylic acids is 1. The number of carbonyl (C=O) groups is 2. The fourth-order valence-corrected chi connectivity index (χ4v) is 1.93.